The first kappa shape index (κ1) is 19.6. The highest BCUT2D eigenvalue weighted by atomic mass is 16.6. The lowest BCUT2D eigenvalue weighted by Crippen LogP contribution is -2.53. The number of hydrogen-bond donors (Lipinski definition) is 0. The Hall–Kier alpha value is -2.66. The first-order chi connectivity index (χ1) is 14.1. The number of esters is 2. The van der Waals surface area contributed by atoms with Gasteiger partial charge in [-0.25, -0.2) is 4.79 Å². The zero-order valence-corrected chi connectivity index (χ0v) is 16.7. The molecule has 4 atom stereocenters. The van der Waals surface area contributed by atoms with Gasteiger partial charge in [-0.1, -0.05) is 48.5 Å². The summed E-state index contributed by atoms with van der Waals surface area (Å²) < 4.78 is 11.5. The van der Waals surface area contributed by atoms with E-state index in [1.54, 1.807) is 12.1 Å². The minimum Gasteiger partial charge on any atom is -0.465 e. The van der Waals surface area contributed by atoms with E-state index in [0.717, 1.165) is 18.4 Å². The van der Waals surface area contributed by atoms with Gasteiger partial charge in [-0.3, -0.25) is 9.69 Å². The maximum absolute atomic E-state index is 13.0. The van der Waals surface area contributed by atoms with Gasteiger partial charge in [-0.2, -0.15) is 0 Å². The van der Waals surface area contributed by atoms with Crippen molar-refractivity contribution in [1.82, 2.24) is 4.90 Å². The summed E-state index contributed by atoms with van der Waals surface area (Å²) >= 11 is 0. The van der Waals surface area contributed by atoms with Gasteiger partial charge >= 0.3 is 11.9 Å². The smallest absolute Gasteiger partial charge is 0.338 e. The summed E-state index contributed by atoms with van der Waals surface area (Å²) in [6.07, 6.45) is 2.86. The number of piperidine rings is 1. The molecule has 2 saturated heterocycles. The zero-order valence-electron chi connectivity index (χ0n) is 16.7. The molecule has 29 heavy (non-hydrogen) atoms. The van der Waals surface area contributed by atoms with Gasteiger partial charge in [0.05, 0.1) is 12.2 Å². The van der Waals surface area contributed by atoms with E-state index in [-0.39, 0.29) is 18.0 Å². The topological polar surface area (TPSA) is 55.8 Å². The van der Waals surface area contributed by atoms with Crippen molar-refractivity contribution in [2.45, 2.75) is 43.9 Å². The molecule has 0 aliphatic carbocycles. The second-order valence-corrected chi connectivity index (χ2v) is 7.94. The molecular weight excluding hydrogens is 366 g/mol. The number of hydrogen-bond acceptors (Lipinski definition) is 5. The Morgan fingerprint density at radius 3 is 2.41 bits per heavy atom. The van der Waals surface area contributed by atoms with Crippen molar-refractivity contribution in [3.63, 3.8) is 0 Å². The zero-order chi connectivity index (χ0) is 20.2. The Kier molecular flexibility index (Phi) is 5.95. The van der Waals surface area contributed by atoms with Crippen molar-refractivity contribution < 1.29 is 19.1 Å². The van der Waals surface area contributed by atoms with Gasteiger partial charge in [0.1, 0.15) is 12.0 Å². The van der Waals surface area contributed by atoms with Crippen LogP contribution in [0.3, 0.4) is 0 Å². The molecule has 2 fully saturated rings. The maximum Gasteiger partial charge on any atom is 0.338 e. The van der Waals surface area contributed by atoms with Crippen LogP contribution in [0.2, 0.25) is 0 Å². The highest BCUT2D eigenvalue weighted by Gasteiger charge is 2.51. The van der Waals surface area contributed by atoms with Gasteiger partial charge in [0.2, 0.25) is 0 Å². The molecule has 0 amide bonds. The molecule has 0 N–H and O–H groups in total. The van der Waals surface area contributed by atoms with Crippen molar-refractivity contribution in [3.05, 3.63) is 71.8 Å². The van der Waals surface area contributed by atoms with E-state index in [2.05, 4.69) is 11.9 Å². The fraction of sp³-hybridized carbons (Fsp3) is 0.417. The van der Waals surface area contributed by atoms with Crippen LogP contribution in [0.4, 0.5) is 0 Å². The van der Waals surface area contributed by atoms with E-state index >= 15 is 0 Å². The van der Waals surface area contributed by atoms with Gasteiger partial charge < -0.3 is 9.47 Å². The van der Waals surface area contributed by atoms with Crippen molar-refractivity contribution in [2.24, 2.45) is 5.92 Å². The summed E-state index contributed by atoms with van der Waals surface area (Å²) in [5.41, 5.74) is 1.64. The predicted molar refractivity (Wildman–Crippen MR) is 109 cm³/mol. The lowest BCUT2D eigenvalue weighted by Gasteiger charge is -2.40. The lowest BCUT2D eigenvalue weighted by atomic mass is 9.87. The number of benzene rings is 2. The summed E-state index contributed by atoms with van der Waals surface area (Å²) in [6.45, 7) is 0.332. The summed E-state index contributed by atoms with van der Waals surface area (Å²) in [7, 11) is 2.06. The number of nitrogens with zero attached hydrogens (tertiary/aromatic N) is 1. The molecule has 2 aromatic rings. The molecule has 0 spiro atoms. The molecular formula is C24H27NO4. The molecule has 0 aromatic heterocycles. The molecule has 2 aromatic carbocycles. The Morgan fingerprint density at radius 1 is 1.00 bits per heavy atom. The molecule has 152 valence electrons. The van der Waals surface area contributed by atoms with E-state index in [1.165, 1.54) is 0 Å². The first-order valence-corrected chi connectivity index (χ1v) is 10.3. The minimum atomic E-state index is -0.444. The molecule has 0 saturated carbocycles. The molecule has 2 aliphatic rings. The van der Waals surface area contributed by atoms with Crippen LogP contribution in [-0.4, -0.2) is 48.7 Å². The summed E-state index contributed by atoms with van der Waals surface area (Å²) in [6, 6.07) is 19.3. The van der Waals surface area contributed by atoms with Crippen LogP contribution >= 0.6 is 0 Å². The van der Waals surface area contributed by atoms with Crippen LogP contribution in [0.5, 0.6) is 0 Å². The highest BCUT2D eigenvalue weighted by Crippen LogP contribution is 2.40. The quantitative estimate of drug-likeness (QED) is 0.704. The molecule has 2 heterocycles. The third-order valence-electron chi connectivity index (χ3n) is 6.23. The number of carbonyl (C=O) groups is 2. The molecule has 4 rings (SSSR count). The Labute approximate surface area is 171 Å². The summed E-state index contributed by atoms with van der Waals surface area (Å²) in [5.74, 6) is -1.08. The monoisotopic (exact) mass is 393 g/mol. The molecule has 5 nitrogen and oxygen atoms in total. The summed E-state index contributed by atoms with van der Waals surface area (Å²) in [5, 5.41) is 0. The van der Waals surface area contributed by atoms with Crippen molar-refractivity contribution in [1.29, 1.82) is 0 Å². The third-order valence-corrected chi connectivity index (χ3v) is 6.23. The molecule has 2 aliphatic heterocycles. The number of rotatable bonds is 6. The second-order valence-electron chi connectivity index (χ2n) is 7.94. The van der Waals surface area contributed by atoms with E-state index in [4.69, 9.17) is 9.47 Å². The average Bonchev–Trinajstić information content (AvgIpc) is 2.98. The molecule has 0 radical (unpaired) electrons. The van der Waals surface area contributed by atoms with E-state index in [0.29, 0.717) is 31.1 Å². The van der Waals surface area contributed by atoms with Crippen LogP contribution in [0.15, 0.2) is 60.7 Å². The van der Waals surface area contributed by atoms with E-state index in [9.17, 15) is 9.59 Å². The van der Waals surface area contributed by atoms with Crippen molar-refractivity contribution in [2.75, 3.05) is 13.7 Å². The number of fused-ring (bicyclic) bond motifs is 2. The highest BCUT2D eigenvalue weighted by molar-refractivity contribution is 5.89. The lowest BCUT2D eigenvalue weighted by molar-refractivity contribution is -0.159. The van der Waals surface area contributed by atoms with Gasteiger partial charge in [-0.05, 0) is 37.6 Å². The van der Waals surface area contributed by atoms with Crippen LogP contribution in [0.25, 0.3) is 0 Å². The van der Waals surface area contributed by atoms with Gasteiger partial charge in [0, 0.05) is 24.9 Å². The standard InChI is InChI=1S/C24H27NO4/c1-25-19-12-13-20(25)22(24(27)28-15-14-17-8-4-2-5-9-17)21(16-19)29-23(26)18-10-6-3-7-11-18/h2-11,19-22H,12-16H2,1H3/t19-,20?,21+,22-/m1/s1. The molecule has 2 bridgehead atoms. The van der Waals surface area contributed by atoms with Gasteiger partial charge in [-0.15, -0.1) is 0 Å². The minimum absolute atomic E-state index is 0.0616. The number of ether oxygens (including phenoxy) is 2. The van der Waals surface area contributed by atoms with Crippen LogP contribution in [-0.2, 0) is 20.7 Å². The summed E-state index contributed by atoms with van der Waals surface area (Å²) in [4.78, 5) is 27.9. The fourth-order valence-electron chi connectivity index (χ4n) is 4.64. The van der Waals surface area contributed by atoms with Gasteiger partial charge in [0.25, 0.3) is 0 Å². The second kappa shape index (κ2) is 8.78. The Bertz CT molecular complexity index is 838. The molecule has 5 heteroatoms. The predicted octanol–water partition coefficient (Wildman–Crippen LogP) is 3.48. The van der Waals surface area contributed by atoms with Crippen molar-refractivity contribution >= 4 is 11.9 Å². The Morgan fingerprint density at radius 2 is 1.69 bits per heavy atom. The average molecular weight is 393 g/mol. The SMILES string of the molecule is CN1C2CC[C@@H]1C[C@H](OC(=O)c1ccccc1)[C@@H]2C(=O)OCCc1ccccc1. The van der Waals surface area contributed by atoms with E-state index in [1.807, 2.05) is 48.5 Å². The largest absolute Gasteiger partial charge is 0.465 e. The normalized spacial score (nSPS) is 26.1. The van der Waals surface area contributed by atoms with Crippen LogP contribution in [0.1, 0.15) is 35.2 Å². The van der Waals surface area contributed by atoms with E-state index < -0.39 is 12.0 Å². The fourth-order valence-corrected chi connectivity index (χ4v) is 4.64. The maximum atomic E-state index is 13.0. The van der Waals surface area contributed by atoms with Crippen molar-refractivity contribution in [3.8, 4) is 0 Å². The Balaban J connectivity index is 1.43. The number of carbonyl (C=O) groups excluding carboxylic acids is 2. The van der Waals surface area contributed by atoms with Crippen LogP contribution in [0, 0.1) is 5.92 Å². The third kappa shape index (κ3) is 4.35. The van der Waals surface area contributed by atoms with Crippen LogP contribution < -0.4 is 0 Å². The van der Waals surface area contributed by atoms with Gasteiger partial charge in [0.15, 0.2) is 0 Å². The molecule has 1 unspecified atom stereocenters. The first-order valence-electron chi connectivity index (χ1n) is 10.3.